The van der Waals surface area contributed by atoms with Gasteiger partial charge in [0.25, 0.3) is 5.69 Å². The van der Waals surface area contributed by atoms with Crippen LogP contribution in [0.1, 0.15) is 11.1 Å². The molecule has 0 aliphatic heterocycles. The number of rotatable bonds is 5. The zero-order valence-electron chi connectivity index (χ0n) is 10.7. The summed E-state index contributed by atoms with van der Waals surface area (Å²) in [5.41, 5.74) is 1.27. The van der Waals surface area contributed by atoms with Gasteiger partial charge in [0.1, 0.15) is 12.4 Å². The SMILES string of the molecule is O=[N+]([O-])c1ccc(COc2cccc(Cl)c2CCl)c(Cl)c1. The number of benzene rings is 2. The van der Waals surface area contributed by atoms with Crippen LogP contribution in [0.15, 0.2) is 36.4 Å². The Balaban J connectivity index is 2.17. The fourth-order valence-electron chi connectivity index (χ4n) is 1.73. The molecule has 2 rings (SSSR count). The topological polar surface area (TPSA) is 52.4 Å². The zero-order chi connectivity index (χ0) is 15.4. The smallest absolute Gasteiger partial charge is 0.270 e. The van der Waals surface area contributed by atoms with Crippen LogP contribution in [0.4, 0.5) is 5.69 Å². The molecule has 0 atom stereocenters. The van der Waals surface area contributed by atoms with Gasteiger partial charge in [0.15, 0.2) is 0 Å². The Kier molecular flexibility index (Phi) is 5.28. The van der Waals surface area contributed by atoms with Crippen molar-refractivity contribution in [2.45, 2.75) is 12.5 Å². The third kappa shape index (κ3) is 3.79. The normalized spacial score (nSPS) is 10.4. The van der Waals surface area contributed by atoms with Crippen molar-refractivity contribution in [3.63, 3.8) is 0 Å². The van der Waals surface area contributed by atoms with Crippen LogP contribution in [0.3, 0.4) is 0 Å². The summed E-state index contributed by atoms with van der Waals surface area (Å²) in [7, 11) is 0. The van der Waals surface area contributed by atoms with Crippen molar-refractivity contribution in [2.24, 2.45) is 0 Å². The number of hydrogen-bond acceptors (Lipinski definition) is 3. The van der Waals surface area contributed by atoms with Gasteiger partial charge in [-0.1, -0.05) is 29.3 Å². The van der Waals surface area contributed by atoms with Crippen molar-refractivity contribution < 1.29 is 9.66 Å². The number of hydrogen-bond donors (Lipinski definition) is 0. The quantitative estimate of drug-likeness (QED) is 0.424. The molecule has 0 saturated heterocycles. The monoisotopic (exact) mass is 345 g/mol. The number of halogens is 3. The van der Waals surface area contributed by atoms with Crippen molar-refractivity contribution in [2.75, 3.05) is 0 Å². The molecule has 0 N–H and O–H groups in total. The molecule has 7 heteroatoms. The summed E-state index contributed by atoms with van der Waals surface area (Å²) < 4.78 is 5.65. The van der Waals surface area contributed by atoms with Crippen LogP contribution in [0.25, 0.3) is 0 Å². The predicted octanol–water partition coefficient (Wildman–Crippen LogP) is 5.22. The molecule has 4 nitrogen and oxygen atoms in total. The first-order valence-corrected chi connectivity index (χ1v) is 7.21. The minimum Gasteiger partial charge on any atom is -0.488 e. The fraction of sp³-hybridized carbons (Fsp3) is 0.143. The second kappa shape index (κ2) is 6.98. The number of non-ortho nitro benzene ring substituents is 1. The molecule has 0 aliphatic rings. The number of ether oxygens (including phenoxy) is 1. The molecular formula is C14H10Cl3NO3. The van der Waals surface area contributed by atoms with Gasteiger partial charge < -0.3 is 4.74 Å². The van der Waals surface area contributed by atoms with Gasteiger partial charge in [0.2, 0.25) is 0 Å². The van der Waals surface area contributed by atoms with Gasteiger partial charge in [0, 0.05) is 28.3 Å². The van der Waals surface area contributed by atoms with Crippen LogP contribution >= 0.6 is 34.8 Å². The summed E-state index contributed by atoms with van der Waals surface area (Å²) >= 11 is 17.9. The van der Waals surface area contributed by atoms with E-state index in [4.69, 9.17) is 39.5 Å². The number of alkyl halides is 1. The van der Waals surface area contributed by atoms with E-state index in [1.165, 1.54) is 12.1 Å². The van der Waals surface area contributed by atoms with Crippen molar-refractivity contribution in [3.05, 3.63) is 67.7 Å². The molecule has 0 aliphatic carbocycles. The first-order valence-electron chi connectivity index (χ1n) is 5.92. The summed E-state index contributed by atoms with van der Waals surface area (Å²) in [5, 5.41) is 11.5. The maximum absolute atomic E-state index is 10.7. The highest BCUT2D eigenvalue weighted by Gasteiger charge is 2.11. The van der Waals surface area contributed by atoms with E-state index in [0.29, 0.717) is 21.9 Å². The second-order valence-corrected chi connectivity index (χ2v) is 5.25. The maximum atomic E-state index is 10.7. The van der Waals surface area contributed by atoms with E-state index in [-0.39, 0.29) is 23.2 Å². The zero-order valence-corrected chi connectivity index (χ0v) is 13.0. The predicted molar refractivity (Wildman–Crippen MR) is 83.4 cm³/mol. The molecule has 21 heavy (non-hydrogen) atoms. The molecule has 0 aromatic heterocycles. The summed E-state index contributed by atoms with van der Waals surface area (Å²) in [6.45, 7) is 0.168. The Bertz CT molecular complexity index is 677. The summed E-state index contributed by atoms with van der Waals surface area (Å²) in [6.07, 6.45) is 0. The average molecular weight is 347 g/mol. The number of nitro benzene ring substituents is 1. The number of nitrogens with zero attached hydrogens (tertiary/aromatic N) is 1. The summed E-state index contributed by atoms with van der Waals surface area (Å²) in [4.78, 5) is 10.2. The van der Waals surface area contributed by atoms with Crippen LogP contribution in [0.5, 0.6) is 5.75 Å². The molecule has 0 spiro atoms. The molecule has 0 bridgehead atoms. The van der Waals surface area contributed by atoms with Gasteiger partial charge in [0.05, 0.1) is 15.8 Å². The van der Waals surface area contributed by atoms with Crippen molar-refractivity contribution in [1.82, 2.24) is 0 Å². The molecule has 2 aromatic carbocycles. The van der Waals surface area contributed by atoms with Gasteiger partial charge in [-0.05, 0) is 18.2 Å². The van der Waals surface area contributed by atoms with Gasteiger partial charge in [-0.15, -0.1) is 11.6 Å². The first kappa shape index (κ1) is 15.9. The lowest BCUT2D eigenvalue weighted by atomic mass is 10.2. The van der Waals surface area contributed by atoms with E-state index in [9.17, 15) is 10.1 Å². The molecule has 0 saturated carbocycles. The molecule has 0 radical (unpaired) electrons. The molecule has 0 heterocycles. The lowest BCUT2D eigenvalue weighted by Crippen LogP contribution is -1.99. The number of nitro groups is 1. The average Bonchev–Trinajstić information content (AvgIpc) is 2.45. The molecule has 2 aromatic rings. The standard InChI is InChI=1S/C14H10Cl3NO3/c15-7-11-12(16)2-1-3-14(11)21-8-9-4-5-10(18(19)20)6-13(9)17/h1-6H,7-8H2. The van der Waals surface area contributed by atoms with Crippen LogP contribution in [-0.2, 0) is 12.5 Å². The maximum Gasteiger partial charge on any atom is 0.270 e. The van der Waals surface area contributed by atoms with Gasteiger partial charge in [-0.2, -0.15) is 0 Å². The Hall–Kier alpha value is -1.49. The summed E-state index contributed by atoms with van der Waals surface area (Å²) in [6, 6.07) is 9.47. The van der Waals surface area contributed by atoms with E-state index in [0.717, 1.165) is 0 Å². The molecule has 0 amide bonds. The third-order valence-corrected chi connectivity index (χ3v) is 3.81. The highest BCUT2D eigenvalue weighted by molar-refractivity contribution is 6.32. The second-order valence-electron chi connectivity index (χ2n) is 4.17. The molecular weight excluding hydrogens is 337 g/mol. The van der Waals surface area contributed by atoms with Gasteiger partial charge >= 0.3 is 0 Å². The van der Waals surface area contributed by atoms with Crippen LogP contribution < -0.4 is 4.74 Å². The van der Waals surface area contributed by atoms with Gasteiger partial charge in [-0.25, -0.2) is 0 Å². The fourth-order valence-corrected chi connectivity index (χ4v) is 2.53. The Morgan fingerprint density at radius 3 is 2.52 bits per heavy atom. The molecule has 0 fully saturated rings. The van der Waals surface area contributed by atoms with E-state index in [2.05, 4.69) is 0 Å². The van der Waals surface area contributed by atoms with E-state index >= 15 is 0 Å². The molecule has 0 unspecified atom stereocenters. The van der Waals surface area contributed by atoms with Crippen molar-refractivity contribution >= 4 is 40.5 Å². The lowest BCUT2D eigenvalue weighted by molar-refractivity contribution is -0.384. The van der Waals surface area contributed by atoms with E-state index in [1.807, 2.05) is 0 Å². The van der Waals surface area contributed by atoms with Crippen LogP contribution in [-0.4, -0.2) is 4.92 Å². The summed E-state index contributed by atoms with van der Waals surface area (Å²) in [5.74, 6) is 0.787. The highest BCUT2D eigenvalue weighted by atomic mass is 35.5. The minimum absolute atomic E-state index is 0.0621. The first-order chi connectivity index (χ1) is 10.0. The Labute approximate surface area is 136 Å². The van der Waals surface area contributed by atoms with Crippen molar-refractivity contribution in [1.29, 1.82) is 0 Å². The van der Waals surface area contributed by atoms with Crippen LogP contribution in [0, 0.1) is 10.1 Å². The molecule has 110 valence electrons. The Morgan fingerprint density at radius 1 is 1.14 bits per heavy atom. The largest absolute Gasteiger partial charge is 0.488 e. The third-order valence-electron chi connectivity index (χ3n) is 2.84. The highest BCUT2D eigenvalue weighted by Crippen LogP contribution is 2.30. The Morgan fingerprint density at radius 2 is 1.90 bits per heavy atom. The van der Waals surface area contributed by atoms with Crippen molar-refractivity contribution in [3.8, 4) is 5.75 Å². The lowest BCUT2D eigenvalue weighted by Gasteiger charge is -2.12. The van der Waals surface area contributed by atoms with E-state index < -0.39 is 4.92 Å². The minimum atomic E-state index is -0.501. The van der Waals surface area contributed by atoms with Crippen LogP contribution in [0.2, 0.25) is 10.0 Å². The van der Waals surface area contributed by atoms with E-state index in [1.54, 1.807) is 24.3 Å². The van der Waals surface area contributed by atoms with Gasteiger partial charge in [-0.3, -0.25) is 10.1 Å².